The van der Waals surface area contributed by atoms with E-state index in [4.69, 9.17) is 9.47 Å². The molecule has 0 saturated heterocycles. The Morgan fingerprint density at radius 3 is 2.38 bits per heavy atom. The zero-order chi connectivity index (χ0) is 21.1. The summed E-state index contributed by atoms with van der Waals surface area (Å²) >= 11 is 0. The zero-order valence-electron chi connectivity index (χ0n) is 16.7. The Morgan fingerprint density at radius 1 is 1.10 bits per heavy atom. The van der Waals surface area contributed by atoms with Crippen LogP contribution in [-0.2, 0) is 25.3 Å². The molecule has 29 heavy (non-hydrogen) atoms. The van der Waals surface area contributed by atoms with Crippen molar-refractivity contribution < 1.29 is 14.3 Å². The normalized spacial score (nSPS) is 10.8. The second kappa shape index (κ2) is 8.17. The highest BCUT2D eigenvalue weighted by atomic mass is 16.5. The van der Waals surface area contributed by atoms with Crippen molar-refractivity contribution in [1.29, 1.82) is 0 Å². The van der Waals surface area contributed by atoms with Crippen molar-refractivity contribution in [1.82, 2.24) is 14.1 Å². The van der Waals surface area contributed by atoms with Gasteiger partial charge in [-0.3, -0.25) is 18.7 Å². The van der Waals surface area contributed by atoms with Crippen LogP contribution in [0.2, 0.25) is 0 Å². The molecule has 0 aliphatic heterocycles. The van der Waals surface area contributed by atoms with Crippen LogP contribution in [0.3, 0.4) is 0 Å². The first-order valence-electron chi connectivity index (χ1n) is 9.01. The fourth-order valence-electron chi connectivity index (χ4n) is 2.97. The number of fused-ring (bicyclic) bond motifs is 1. The molecular weight excluding hydrogens is 376 g/mol. The summed E-state index contributed by atoms with van der Waals surface area (Å²) in [5, 5.41) is 2.94. The van der Waals surface area contributed by atoms with Gasteiger partial charge in [0.1, 0.15) is 16.9 Å². The van der Waals surface area contributed by atoms with Gasteiger partial charge in [-0.15, -0.1) is 0 Å². The van der Waals surface area contributed by atoms with Crippen molar-refractivity contribution in [2.45, 2.75) is 13.3 Å². The minimum atomic E-state index is -0.516. The van der Waals surface area contributed by atoms with Crippen molar-refractivity contribution in [2.75, 3.05) is 19.0 Å². The van der Waals surface area contributed by atoms with Crippen LogP contribution in [0, 0.1) is 0 Å². The van der Waals surface area contributed by atoms with E-state index in [1.165, 1.54) is 18.7 Å². The predicted molar refractivity (Wildman–Crippen MR) is 109 cm³/mol. The molecule has 9 nitrogen and oxygen atoms in total. The molecule has 9 heteroatoms. The highest BCUT2D eigenvalue weighted by Crippen LogP contribution is 2.23. The van der Waals surface area contributed by atoms with E-state index in [1.807, 2.05) is 6.92 Å². The van der Waals surface area contributed by atoms with E-state index < -0.39 is 17.2 Å². The zero-order valence-corrected chi connectivity index (χ0v) is 16.7. The van der Waals surface area contributed by atoms with Crippen LogP contribution >= 0.6 is 0 Å². The first-order valence-corrected chi connectivity index (χ1v) is 9.01. The maximum atomic E-state index is 12.7. The first-order chi connectivity index (χ1) is 13.9. The van der Waals surface area contributed by atoms with Crippen molar-refractivity contribution in [3.05, 3.63) is 56.9 Å². The van der Waals surface area contributed by atoms with Crippen LogP contribution in [0.5, 0.6) is 11.5 Å². The Kier molecular flexibility index (Phi) is 5.67. The van der Waals surface area contributed by atoms with E-state index in [9.17, 15) is 14.4 Å². The molecule has 0 saturated carbocycles. The molecule has 0 aliphatic rings. The number of nitrogens with one attached hydrogen (secondary N) is 1. The van der Waals surface area contributed by atoms with Gasteiger partial charge in [-0.2, -0.15) is 0 Å². The van der Waals surface area contributed by atoms with Gasteiger partial charge in [-0.05, 0) is 36.2 Å². The van der Waals surface area contributed by atoms with E-state index in [2.05, 4.69) is 10.3 Å². The number of ether oxygens (including phenoxy) is 2. The number of rotatable bonds is 6. The molecule has 0 bridgehead atoms. The minimum absolute atomic E-state index is 0.187. The number of pyridine rings is 1. The summed E-state index contributed by atoms with van der Waals surface area (Å²) in [7, 11) is 4.48. The summed E-state index contributed by atoms with van der Waals surface area (Å²) in [6.45, 7) is 1.64. The van der Waals surface area contributed by atoms with Crippen LogP contribution in [0.15, 0.2) is 40.1 Å². The Balaban J connectivity index is 1.92. The van der Waals surface area contributed by atoms with Crippen LogP contribution in [0.4, 0.5) is 5.69 Å². The first kappa shape index (κ1) is 20.1. The van der Waals surface area contributed by atoms with Gasteiger partial charge in [0.15, 0.2) is 12.3 Å². The predicted octanol–water partition coefficient (Wildman–Crippen LogP) is 1.22. The second-order valence-corrected chi connectivity index (χ2v) is 6.43. The highest BCUT2D eigenvalue weighted by molar-refractivity contribution is 6.01. The van der Waals surface area contributed by atoms with Crippen LogP contribution in [-0.4, -0.2) is 33.7 Å². The highest BCUT2D eigenvalue weighted by Gasteiger charge is 2.18. The Hall–Kier alpha value is -3.62. The van der Waals surface area contributed by atoms with Gasteiger partial charge in [-0.25, -0.2) is 9.78 Å². The third kappa shape index (κ3) is 3.84. The number of hydrogen-bond acceptors (Lipinski definition) is 6. The molecule has 0 atom stereocenters. The summed E-state index contributed by atoms with van der Waals surface area (Å²) < 4.78 is 12.9. The molecule has 152 valence electrons. The Bertz CT molecular complexity index is 1180. The molecule has 0 spiro atoms. The van der Waals surface area contributed by atoms with E-state index in [0.29, 0.717) is 29.2 Å². The molecule has 1 N–H and O–H groups in total. The number of carbonyl (C=O) groups excluding carboxylic acids is 1. The third-order valence-corrected chi connectivity index (χ3v) is 4.62. The monoisotopic (exact) mass is 398 g/mol. The van der Waals surface area contributed by atoms with Gasteiger partial charge in [-0.1, -0.05) is 6.92 Å². The average Bonchev–Trinajstić information content (AvgIpc) is 2.74. The van der Waals surface area contributed by atoms with Crippen molar-refractivity contribution in [2.24, 2.45) is 14.1 Å². The molecule has 0 aliphatic carbocycles. The summed E-state index contributed by atoms with van der Waals surface area (Å²) in [6.07, 6.45) is 2.10. The number of aryl methyl sites for hydroxylation is 2. The lowest BCUT2D eigenvalue weighted by molar-refractivity contribution is -0.118. The van der Waals surface area contributed by atoms with Crippen molar-refractivity contribution in [3.63, 3.8) is 0 Å². The van der Waals surface area contributed by atoms with Crippen LogP contribution in [0.1, 0.15) is 12.5 Å². The van der Waals surface area contributed by atoms with Gasteiger partial charge in [0, 0.05) is 20.3 Å². The fourth-order valence-corrected chi connectivity index (χ4v) is 2.97. The number of anilines is 1. The van der Waals surface area contributed by atoms with Gasteiger partial charge >= 0.3 is 5.69 Å². The molecule has 3 aromatic rings. The number of carbonyl (C=O) groups is 1. The molecule has 1 aromatic carbocycles. The number of nitrogens with zero attached hydrogens (tertiary/aromatic N) is 3. The lowest BCUT2D eigenvalue weighted by Crippen LogP contribution is -2.38. The molecule has 1 amide bonds. The molecule has 2 heterocycles. The summed E-state index contributed by atoms with van der Waals surface area (Å²) in [5.41, 5.74) is 0.237. The number of hydrogen-bond donors (Lipinski definition) is 1. The Morgan fingerprint density at radius 2 is 1.76 bits per heavy atom. The fraction of sp³-hybridized carbons (Fsp3) is 0.300. The van der Waals surface area contributed by atoms with Gasteiger partial charge in [0.05, 0.1) is 12.8 Å². The van der Waals surface area contributed by atoms with Gasteiger partial charge < -0.3 is 14.8 Å². The minimum Gasteiger partial charge on any atom is -0.497 e. The largest absolute Gasteiger partial charge is 0.497 e. The molecule has 2 aromatic heterocycles. The molecule has 0 unspecified atom stereocenters. The second-order valence-electron chi connectivity index (χ2n) is 6.43. The SMILES string of the molecule is CCc1cnc2c(c1NC(=O)COc1ccc(OC)cc1)c(=O)n(C)c(=O)n2C. The van der Waals surface area contributed by atoms with E-state index in [-0.39, 0.29) is 17.6 Å². The summed E-state index contributed by atoms with van der Waals surface area (Å²) in [5.74, 6) is 0.757. The summed E-state index contributed by atoms with van der Waals surface area (Å²) in [6, 6.07) is 6.83. The standard InChI is InChI=1S/C20H22N4O5/c1-5-12-10-21-18-16(19(26)24(3)20(27)23(18)2)17(12)22-15(25)11-29-14-8-6-13(28-4)7-9-14/h6-10H,5,11H2,1-4H3,(H,21,22,25). The average molecular weight is 398 g/mol. The lowest BCUT2D eigenvalue weighted by atomic mass is 10.1. The third-order valence-electron chi connectivity index (χ3n) is 4.62. The molecule has 0 fully saturated rings. The molecular formula is C20H22N4O5. The van der Waals surface area contributed by atoms with E-state index in [1.54, 1.807) is 37.6 Å². The smallest absolute Gasteiger partial charge is 0.332 e. The topological polar surface area (TPSA) is 104 Å². The molecule has 0 radical (unpaired) electrons. The quantitative estimate of drug-likeness (QED) is 0.670. The lowest BCUT2D eigenvalue weighted by Gasteiger charge is -2.15. The number of amides is 1. The van der Waals surface area contributed by atoms with Crippen LogP contribution in [0.25, 0.3) is 11.0 Å². The van der Waals surface area contributed by atoms with E-state index >= 15 is 0 Å². The maximum absolute atomic E-state index is 12.7. The summed E-state index contributed by atoms with van der Waals surface area (Å²) in [4.78, 5) is 41.7. The van der Waals surface area contributed by atoms with Gasteiger partial charge in [0.2, 0.25) is 0 Å². The van der Waals surface area contributed by atoms with E-state index in [0.717, 1.165) is 4.57 Å². The van der Waals surface area contributed by atoms with Crippen molar-refractivity contribution in [3.8, 4) is 11.5 Å². The number of aromatic nitrogens is 3. The number of benzene rings is 1. The van der Waals surface area contributed by atoms with Crippen molar-refractivity contribution >= 4 is 22.6 Å². The Labute approximate surface area is 166 Å². The maximum Gasteiger partial charge on any atom is 0.332 e. The number of methoxy groups -OCH3 is 1. The van der Waals surface area contributed by atoms with Crippen LogP contribution < -0.4 is 26.0 Å². The van der Waals surface area contributed by atoms with Gasteiger partial charge in [0.25, 0.3) is 11.5 Å². The molecule has 3 rings (SSSR count).